The molecule has 0 unspecified atom stereocenters. The molecule has 26 heavy (non-hydrogen) atoms. The molecule has 0 atom stereocenters. The van der Waals surface area contributed by atoms with Gasteiger partial charge in [0.15, 0.2) is 0 Å². The van der Waals surface area contributed by atoms with Crippen LogP contribution in [0.3, 0.4) is 0 Å². The summed E-state index contributed by atoms with van der Waals surface area (Å²) >= 11 is 0. The standard InChI is InChI=1S/C20H25N5O/c1-3-10-25-14-16(15(2)23-25)13-24-11-8-20(9-12-24)19(26)21-17-6-4-5-7-18(17)22-20/h3-7,14,22H,1,8-13H2,2H3,(H,21,26). The molecule has 6 nitrogen and oxygen atoms in total. The van der Waals surface area contributed by atoms with Crippen LogP contribution in [0.5, 0.6) is 0 Å². The number of aromatic nitrogens is 2. The van der Waals surface area contributed by atoms with Crippen molar-refractivity contribution in [3.05, 3.63) is 54.4 Å². The summed E-state index contributed by atoms with van der Waals surface area (Å²) < 4.78 is 1.93. The Labute approximate surface area is 153 Å². The lowest BCUT2D eigenvalue weighted by molar-refractivity contribution is -0.122. The number of amides is 1. The fourth-order valence-electron chi connectivity index (χ4n) is 3.88. The molecule has 1 amide bonds. The molecule has 0 saturated carbocycles. The van der Waals surface area contributed by atoms with Gasteiger partial charge in [-0.25, -0.2) is 0 Å². The normalized spacial score (nSPS) is 18.9. The fourth-order valence-corrected chi connectivity index (χ4v) is 3.88. The zero-order chi connectivity index (χ0) is 18.1. The van der Waals surface area contributed by atoms with Crippen LogP contribution in [0.2, 0.25) is 0 Å². The highest BCUT2D eigenvalue weighted by atomic mass is 16.2. The van der Waals surface area contributed by atoms with Gasteiger partial charge in [0.25, 0.3) is 0 Å². The van der Waals surface area contributed by atoms with E-state index in [4.69, 9.17) is 0 Å². The molecule has 1 spiro atoms. The number of rotatable bonds is 4. The predicted molar refractivity (Wildman–Crippen MR) is 103 cm³/mol. The molecule has 4 rings (SSSR count). The minimum atomic E-state index is -0.493. The lowest BCUT2D eigenvalue weighted by Gasteiger charge is -2.44. The van der Waals surface area contributed by atoms with Crippen LogP contribution in [0, 0.1) is 6.92 Å². The van der Waals surface area contributed by atoms with E-state index in [2.05, 4.69) is 33.4 Å². The number of carbonyl (C=O) groups excluding carboxylic acids is 1. The number of aryl methyl sites for hydroxylation is 1. The summed E-state index contributed by atoms with van der Waals surface area (Å²) in [4.78, 5) is 15.1. The number of carbonyl (C=O) groups is 1. The highest BCUT2D eigenvalue weighted by molar-refractivity contribution is 6.06. The minimum absolute atomic E-state index is 0.0887. The maximum atomic E-state index is 12.7. The van der Waals surface area contributed by atoms with Gasteiger partial charge >= 0.3 is 0 Å². The molecule has 0 radical (unpaired) electrons. The molecule has 0 aliphatic carbocycles. The summed E-state index contributed by atoms with van der Waals surface area (Å²) in [7, 11) is 0. The summed E-state index contributed by atoms with van der Waals surface area (Å²) in [5.41, 5.74) is 3.70. The molecule has 1 fully saturated rings. The van der Waals surface area contributed by atoms with Gasteiger partial charge in [-0.3, -0.25) is 14.4 Å². The topological polar surface area (TPSA) is 62.2 Å². The van der Waals surface area contributed by atoms with E-state index in [1.807, 2.05) is 41.9 Å². The predicted octanol–water partition coefficient (Wildman–Crippen LogP) is 2.78. The van der Waals surface area contributed by atoms with Crippen molar-refractivity contribution in [2.45, 2.75) is 38.4 Å². The summed E-state index contributed by atoms with van der Waals surface area (Å²) in [6, 6.07) is 7.90. The van der Waals surface area contributed by atoms with E-state index >= 15 is 0 Å². The summed E-state index contributed by atoms with van der Waals surface area (Å²) in [6.07, 6.45) is 5.55. The first-order valence-corrected chi connectivity index (χ1v) is 9.14. The van der Waals surface area contributed by atoms with Crippen LogP contribution in [0.25, 0.3) is 0 Å². The van der Waals surface area contributed by atoms with Gasteiger partial charge in [-0.2, -0.15) is 5.10 Å². The summed E-state index contributed by atoms with van der Waals surface area (Å²) in [5, 5.41) is 11.1. The van der Waals surface area contributed by atoms with E-state index in [0.29, 0.717) is 0 Å². The number of hydrogen-bond donors (Lipinski definition) is 2. The first kappa shape index (κ1) is 16.8. The third-order valence-corrected chi connectivity index (χ3v) is 5.45. The Bertz CT molecular complexity index is 832. The largest absolute Gasteiger partial charge is 0.369 e. The van der Waals surface area contributed by atoms with Gasteiger partial charge in [-0.15, -0.1) is 6.58 Å². The molecular weight excluding hydrogens is 326 g/mol. The first-order chi connectivity index (χ1) is 12.6. The lowest BCUT2D eigenvalue weighted by Crippen LogP contribution is -2.58. The fraction of sp³-hybridized carbons (Fsp3) is 0.400. The van der Waals surface area contributed by atoms with E-state index in [-0.39, 0.29) is 5.91 Å². The van der Waals surface area contributed by atoms with Crippen LogP contribution in [0.4, 0.5) is 11.4 Å². The van der Waals surface area contributed by atoms with Crippen LogP contribution in [-0.4, -0.2) is 39.2 Å². The van der Waals surface area contributed by atoms with Crippen molar-refractivity contribution >= 4 is 17.3 Å². The monoisotopic (exact) mass is 351 g/mol. The van der Waals surface area contributed by atoms with Crippen molar-refractivity contribution in [1.29, 1.82) is 0 Å². The number of allylic oxidation sites excluding steroid dienone is 1. The number of hydrogen-bond acceptors (Lipinski definition) is 4. The Morgan fingerprint density at radius 1 is 1.27 bits per heavy atom. The SMILES string of the molecule is C=CCn1cc(CN2CCC3(CC2)Nc2ccccc2NC3=O)c(C)n1. The third-order valence-electron chi connectivity index (χ3n) is 5.45. The van der Waals surface area contributed by atoms with Gasteiger partial charge in [0, 0.05) is 31.4 Å². The van der Waals surface area contributed by atoms with Crippen molar-refractivity contribution < 1.29 is 4.79 Å². The molecule has 1 saturated heterocycles. The van der Waals surface area contributed by atoms with Gasteiger partial charge in [0.2, 0.25) is 5.91 Å². The van der Waals surface area contributed by atoms with Gasteiger partial charge in [0.1, 0.15) is 5.54 Å². The van der Waals surface area contributed by atoms with Crippen LogP contribution >= 0.6 is 0 Å². The van der Waals surface area contributed by atoms with Gasteiger partial charge in [-0.1, -0.05) is 18.2 Å². The molecule has 2 aliphatic rings. The van der Waals surface area contributed by atoms with E-state index in [9.17, 15) is 4.79 Å². The Balaban J connectivity index is 1.43. The molecular formula is C20H25N5O. The lowest BCUT2D eigenvalue weighted by atomic mass is 9.84. The van der Waals surface area contributed by atoms with E-state index in [1.54, 1.807) is 0 Å². The molecule has 136 valence electrons. The molecule has 6 heteroatoms. The van der Waals surface area contributed by atoms with Crippen molar-refractivity contribution in [1.82, 2.24) is 14.7 Å². The third kappa shape index (κ3) is 3.01. The van der Waals surface area contributed by atoms with Crippen LogP contribution in [-0.2, 0) is 17.9 Å². The maximum absolute atomic E-state index is 12.7. The Kier molecular flexibility index (Phi) is 4.28. The van der Waals surface area contributed by atoms with Gasteiger partial charge in [0.05, 0.1) is 23.6 Å². The van der Waals surface area contributed by atoms with Crippen molar-refractivity contribution in [3.63, 3.8) is 0 Å². The van der Waals surface area contributed by atoms with Crippen LogP contribution in [0.15, 0.2) is 43.1 Å². The minimum Gasteiger partial charge on any atom is -0.369 e. The second kappa shape index (κ2) is 6.61. The number of para-hydroxylation sites is 2. The Hall–Kier alpha value is -2.60. The Morgan fingerprint density at radius 3 is 2.73 bits per heavy atom. The molecule has 3 heterocycles. The average Bonchev–Trinajstić information content (AvgIpc) is 2.97. The summed E-state index contributed by atoms with van der Waals surface area (Å²) in [5.74, 6) is 0.0887. The van der Waals surface area contributed by atoms with Crippen molar-refractivity contribution in [2.75, 3.05) is 23.7 Å². The quantitative estimate of drug-likeness (QED) is 0.832. The summed E-state index contributed by atoms with van der Waals surface area (Å²) in [6.45, 7) is 9.18. The number of nitrogens with one attached hydrogen (secondary N) is 2. The number of piperidine rings is 1. The second-order valence-electron chi connectivity index (χ2n) is 7.23. The highest BCUT2D eigenvalue weighted by Gasteiger charge is 2.44. The zero-order valence-corrected chi connectivity index (χ0v) is 15.2. The average molecular weight is 351 g/mol. The van der Waals surface area contributed by atoms with Crippen LogP contribution in [0.1, 0.15) is 24.1 Å². The van der Waals surface area contributed by atoms with Gasteiger partial charge < -0.3 is 10.6 Å². The molecule has 2 aromatic rings. The van der Waals surface area contributed by atoms with Crippen molar-refractivity contribution in [3.8, 4) is 0 Å². The molecule has 2 N–H and O–H groups in total. The van der Waals surface area contributed by atoms with Crippen LogP contribution < -0.4 is 10.6 Å². The smallest absolute Gasteiger partial charge is 0.250 e. The number of benzene rings is 1. The number of anilines is 2. The molecule has 2 aliphatic heterocycles. The van der Waals surface area contributed by atoms with Crippen molar-refractivity contribution in [2.24, 2.45) is 0 Å². The second-order valence-corrected chi connectivity index (χ2v) is 7.23. The molecule has 1 aromatic carbocycles. The number of nitrogens with zero attached hydrogens (tertiary/aromatic N) is 3. The number of likely N-dealkylation sites (tertiary alicyclic amines) is 1. The van der Waals surface area contributed by atoms with Gasteiger partial charge in [-0.05, 0) is 31.9 Å². The highest BCUT2D eigenvalue weighted by Crippen LogP contribution is 2.36. The maximum Gasteiger partial charge on any atom is 0.250 e. The van der Waals surface area contributed by atoms with E-state index in [1.165, 1.54) is 5.56 Å². The zero-order valence-electron chi connectivity index (χ0n) is 15.2. The Morgan fingerprint density at radius 2 is 2.00 bits per heavy atom. The van der Waals surface area contributed by atoms with E-state index in [0.717, 1.165) is 56.1 Å². The molecule has 0 bridgehead atoms. The van der Waals surface area contributed by atoms with E-state index < -0.39 is 5.54 Å². The number of fused-ring (bicyclic) bond motifs is 1. The molecule has 1 aromatic heterocycles. The first-order valence-electron chi connectivity index (χ1n) is 9.14.